The molecule has 0 saturated carbocycles. The molecule has 0 saturated heterocycles. The molecule has 5 nitrogen and oxygen atoms in total. The molecule has 0 fully saturated rings. The van der Waals surface area contributed by atoms with Gasteiger partial charge in [0, 0.05) is 17.2 Å². The van der Waals surface area contributed by atoms with Gasteiger partial charge in [0.15, 0.2) is 0 Å². The van der Waals surface area contributed by atoms with Crippen LogP contribution in [0.3, 0.4) is 0 Å². The van der Waals surface area contributed by atoms with Crippen molar-refractivity contribution in [3.8, 4) is 17.6 Å². The maximum atomic E-state index is 13.6. The molecule has 0 aliphatic rings. The molecule has 7 heteroatoms. The van der Waals surface area contributed by atoms with Crippen LogP contribution in [-0.2, 0) is 11.2 Å². The normalized spacial score (nSPS) is 11.3. The summed E-state index contributed by atoms with van der Waals surface area (Å²) in [5.41, 5.74) is 0.342. The SMILES string of the molecule is COc1ccc([C@@H](C#N)NC(=O)Cc2cc(F)ccc2F)c(OC)c1. The number of nitrogens with one attached hydrogen (secondary N) is 1. The molecule has 0 radical (unpaired) electrons. The Morgan fingerprint density at radius 3 is 2.60 bits per heavy atom. The number of nitriles is 1. The highest BCUT2D eigenvalue weighted by molar-refractivity contribution is 5.79. The van der Waals surface area contributed by atoms with E-state index >= 15 is 0 Å². The van der Waals surface area contributed by atoms with Gasteiger partial charge in [-0.15, -0.1) is 0 Å². The Hall–Kier alpha value is -3.14. The zero-order valence-electron chi connectivity index (χ0n) is 13.7. The first kappa shape index (κ1) is 18.2. The zero-order valence-corrected chi connectivity index (χ0v) is 13.7. The van der Waals surface area contributed by atoms with Gasteiger partial charge >= 0.3 is 0 Å². The van der Waals surface area contributed by atoms with Gasteiger partial charge in [-0.1, -0.05) is 0 Å². The van der Waals surface area contributed by atoms with Crippen LogP contribution in [0, 0.1) is 23.0 Å². The molecular weight excluding hydrogens is 330 g/mol. The topological polar surface area (TPSA) is 71.3 Å². The number of carbonyl (C=O) groups excluding carboxylic acids is 1. The highest BCUT2D eigenvalue weighted by Gasteiger charge is 2.20. The van der Waals surface area contributed by atoms with Gasteiger partial charge in [-0.2, -0.15) is 5.26 Å². The summed E-state index contributed by atoms with van der Waals surface area (Å²) in [6, 6.07) is 8.61. The van der Waals surface area contributed by atoms with Crippen LogP contribution in [0.1, 0.15) is 17.2 Å². The van der Waals surface area contributed by atoms with Gasteiger partial charge in [0.05, 0.1) is 26.7 Å². The van der Waals surface area contributed by atoms with E-state index in [4.69, 9.17) is 9.47 Å². The minimum atomic E-state index is -1.01. The van der Waals surface area contributed by atoms with E-state index in [0.717, 1.165) is 18.2 Å². The van der Waals surface area contributed by atoms with Crippen molar-refractivity contribution in [2.45, 2.75) is 12.5 Å². The number of hydrogen-bond acceptors (Lipinski definition) is 4. The number of amides is 1. The predicted molar refractivity (Wildman–Crippen MR) is 86.1 cm³/mol. The Morgan fingerprint density at radius 2 is 1.96 bits per heavy atom. The summed E-state index contributed by atoms with van der Waals surface area (Å²) in [4.78, 5) is 12.1. The lowest BCUT2D eigenvalue weighted by Crippen LogP contribution is -2.29. The van der Waals surface area contributed by atoms with Crippen LogP contribution in [0.15, 0.2) is 36.4 Å². The summed E-state index contributed by atoms with van der Waals surface area (Å²) in [7, 11) is 2.92. The first-order chi connectivity index (χ1) is 12.0. The number of benzene rings is 2. The second-order valence-corrected chi connectivity index (χ2v) is 5.15. The molecule has 0 unspecified atom stereocenters. The molecule has 2 rings (SSSR count). The maximum Gasteiger partial charge on any atom is 0.225 e. The number of nitrogens with zero attached hydrogens (tertiary/aromatic N) is 1. The lowest BCUT2D eigenvalue weighted by molar-refractivity contribution is -0.120. The third-order valence-electron chi connectivity index (χ3n) is 3.54. The molecule has 1 amide bonds. The van der Waals surface area contributed by atoms with Crippen molar-refractivity contribution in [1.29, 1.82) is 5.26 Å². The molecule has 25 heavy (non-hydrogen) atoms. The molecule has 1 atom stereocenters. The monoisotopic (exact) mass is 346 g/mol. The van der Waals surface area contributed by atoms with Gasteiger partial charge in [0.25, 0.3) is 0 Å². The van der Waals surface area contributed by atoms with Crippen molar-refractivity contribution < 1.29 is 23.0 Å². The van der Waals surface area contributed by atoms with Crippen LogP contribution < -0.4 is 14.8 Å². The van der Waals surface area contributed by atoms with Crippen molar-refractivity contribution in [2.24, 2.45) is 0 Å². The number of carbonyl (C=O) groups is 1. The molecule has 0 spiro atoms. The van der Waals surface area contributed by atoms with Crippen LogP contribution in [0.5, 0.6) is 11.5 Å². The second-order valence-electron chi connectivity index (χ2n) is 5.15. The van der Waals surface area contributed by atoms with Crippen LogP contribution in [0.4, 0.5) is 8.78 Å². The van der Waals surface area contributed by atoms with E-state index < -0.39 is 23.6 Å². The van der Waals surface area contributed by atoms with Gasteiger partial charge in [-0.05, 0) is 30.3 Å². The molecule has 0 aliphatic carbocycles. The molecule has 0 aliphatic heterocycles. The van der Waals surface area contributed by atoms with Gasteiger partial charge in [-0.25, -0.2) is 8.78 Å². The van der Waals surface area contributed by atoms with E-state index in [9.17, 15) is 18.8 Å². The fourth-order valence-corrected chi connectivity index (χ4v) is 2.30. The van der Waals surface area contributed by atoms with E-state index in [0.29, 0.717) is 17.1 Å². The van der Waals surface area contributed by atoms with Crippen LogP contribution >= 0.6 is 0 Å². The van der Waals surface area contributed by atoms with Gasteiger partial charge in [-0.3, -0.25) is 4.79 Å². The lowest BCUT2D eigenvalue weighted by atomic mass is 10.1. The van der Waals surface area contributed by atoms with E-state index in [-0.39, 0.29) is 12.0 Å². The molecule has 130 valence electrons. The van der Waals surface area contributed by atoms with Crippen molar-refractivity contribution >= 4 is 5.91 Å². The zero-order chi connectivity index (χ0) is 18.4. The number of methoxy groups -OCH3 is 2. The quantitative estimate of drug-likeness (QED) is 0.873. The standard InChI is InChI=1S/C18H16F2N2O3/c1-24-13-4-5-14(17(9-13)25-2)16(10-21)22-18(23)8-11-7-12(19)3-6-15(11)20/h3-7,9,16H,8H2,1-2H3,(H,22,23)/t16-/m1/s1. The van der Waals surface area contributed by atoms with Gasteiger partial charge in [0.1, 0.15) is 29.2 Å². The fraction of sp³-hybridized carbons (Fsp3) is 0.222. The third-order valence-corrected chi connectivity index (χ3v) is 3.54. The highest BCUT2D eigenvalue weighted by Crippen LogP contribution is 2.29. The fourth-order valence-electron chi connectivity index (χ4n) is 2.30. The molecular formula is C18H16F2N2O3. The van der Waals surface area contributed by atoms with Crippen LogP contribution in [0.2, 0.25) is 0 Å². The van der Waals surface area contributed by atoms with Crippen molar-refractivity contribution in [2.75, 3.05) is 14.2 Å². The summed E-state index contributed by atoms with van der Waals surface area (Å²) < 4.78 is 37.1. The molecule has 0 aromatic heterocycles. The number of ether oxygens (including phenoxy) is 2. The first-order valence-corrected chi connectivity index (χ1v) is 7.33. The average molecular weight is 346 g/mol. The summed E-state index contributed by atoms with van der Waals surface area (Å²) in [6.07, 6.45) is -0.389. The van der Waals surface area contributed by atoms with Crippen molar-refractivity contribution in [3.63, 3.8) is 0 Å². The summed E-state index contributed by atoms with van der Waals surface area (Å²) in [6.45, 7) is 0. The van der Waals surface area contributed by atoms with E-state index in [2.05, 4.69) is 5.32 Å². The van der Waals surface area contributed by atoms with Gasteiger partial charge < -0.3 is 14.8 Å². The number of halogens is 2. The summed E-state index contributed by atoms with van der Waals surface area (Å²) in [5, 5.41) is 11.8. The Balaban J connectivity index is 2.18. The second kappa shape index (κ2) is 8.11. The number of hydrogen-bond donors (Lipinski definition) is 1. The molecule has 1 N–H and O–H groups in total. The van der Waals surface area contributed by atoms with Crippen molar-refractivity contribution in [3.05, 3.63) is 59.2 Å². The molecule has 0 heterocycles. The van der Waals surface area contributed by atoms with Crippen LogP contribution in [-0.4, -0.2) is 20.1 Å². The number of rotatable bonds is 6. The van der Waals surface area contributed by atoms with E-state index in [1.54, 1.807) is 18.2 Å². The largest absolute Gasteiger partial charge is 0.497 e. The molecule has 0 bridgehead atoms. The smallest absolute Gasteiger partial charge is 0.225 e. The average Bonchev–Trinajstić information content (AvgIpc) is 2.62. The van der Waals surface area contributed by atoms with Crippen LogP contribution in [0.25, 0.3) is 0 Å². The Morgan fingerprint density at radius 1 is 1.20 bits per heavy atom. The molecule has 2 aromatic rings. The Bertz CT molecular complexity index is 818. The third kappa shape index (κ3) is 4.44. The first-order valence-electron chi connectivity index (χ1n) is 7.33. The summed E-state index contributed by atoms with van der Waals surface area (Å²) >= 11 is 0. The van der Waals surface area contributed by atoms with Crippen molar-refractivity contribution in [1.82, 2.24) is 5.32 Å². The maximum absolute atomic E-state index is 13.6. The summed E-state index contributed by atoms with van der Waals surface area (Å²) in [5.74, 6) is -1.05. The molecule has 2 aromatic carbocycles. The van der Waals surface area contributed by atoms with Gasteiger partial charge in [0.2, 0.25) is 5.91 Å². The lowest BCUT2D eigenvalue weighted by Gasteiger charge is -2.16. The Kier molecular flexibility index (Phi) is 5.90. The highest BCUT2D eigenvalue weighted by atomic mass is 19.1. The minimum Gasteiger partial charge on any atom is -0.497 e. The predicted octanol–water partition coefficient (Wildman–Crippen LogP) is 2.91. The van der Waals surface area contributed by atoms with E-state index in [1.807, 2.05) is 6.07 Å². The van der Waals surface area contributed by atoms with E-state index in [1.165, 1.54) is 14.2 Å². The minimum absolute atomic E-state index is 0.0871. The Labute approximate surface area is 143 Å².